The fourth-order valence-corrected chi connectivity index (χ4v) is 2.86. The summed E-state index contributed by atoms with van der Waals surface area (Å²) in [7, 11) is 0. The number of carbonyl (C=O) groups is 1. The quantitative estimate of drug-likeness (QED) is 0.892. The van der Waals surface area contributed by atoms with E-state index in [1.54, 1.807) is 11.3 Å². The summed E-state index contributed by atoms with van der Waals surface area (Å²) in [6.07, 6.45) is 0.244. The Morgan fingerprint density at radius 1 is 1.33 bits per heavy atom. The molecule has 3 N–H and O–H groups in total. The maximum atomic E-state index is 11.1. The van der Waals surface area contributed by atoms with E-state index in [1.165, 1.54) is 0 Å². The number of amides is 1. The standard InChI is InChI=1S/C16H21N3OS/c1-16(2,3)15-19-12(10-21-15)9-18-13-7-5-4-6-11(13)8-14(17)20/h4-7,10,18H,8-9H2,1-3H3,(H2,17,20). The Morgan fingerprint density at radius 2 is 2.05 bits per heavy atom. The van der Waals surface area contributed by atoms with Gasteiger partial charge in [0.2, 0.25) is 5.91 Å². The highest BCUT2D eigenvalue weighted by molar-refractivity contribution is 7.09. The smallest absolute Gasteiger partial charge is 0.221 e. The van der Waals surface area contributed by atoms with E-state index in [2.05, 4.69) is 36.5 Å². The number of nitrogens with zero attached hydrogens (tertiary/aromatic N) is 1. The van der Waals surface area contributed by atoms with Crippen molar-refractivity contribution in [2.45, 2.75) is 39.2 Å². The van der Waals surface area contributed by atoms with E-state index in [1.807, 2.05) is 24.3 Å². The van der Waals surface area contributed by atoms with Crippen molar-refractivity contribution in [3.8, 4) is 0 Å². The lowest BCUT2D eigenvalue weighted by Gasteiger charge is -2.13. The van der Waals surface area contributed by atoms with Crippen molar-refractivity contribution >= 4 is 22.9 Å². The van der Waals surface area contributed by atoms with Crippen LogP contribution in [0.5, 0.6) is 0 Å². The highest BCUT2D eigenvalue weighted by atomic mass is 32.1. The van der Waals surface area contributed by atoms with Gasteiger partial charge in [0, 0.05) is 16.5 Å². The van der Waals surface area contributed by atoms with Gasteiger partial charge >= 0.3 is 0 Å². The van der Waals surface area contributed by atoms with Crippen LogP contribution in [0.1, 0.15) is 37.0 Å². The summed E-state index contributed by atoms with van der Waals surface area (Å²) >= 11 is 1.68. The first-order valence-electron chi connectivity index (χ1n) is 6.91. The van der Waals surface area contributed by atoms with Gasteiger partial charge in [-0.1, -0.05) is 39.0 Å². The SMILES string of the molecule is CC(C)(C)c1nc(CNc2ccccc2CC(N)=O)cs1. The molecule has 0 bridgehead atoms. The van der Waals surface area contributed by atoms with Crippen molar-refractivity contribution in [2.75, 3.05) is 5.32 Å². The molecular weight excluding hydrogens is 282 g/mol. The van der Waals surface area contributed by atoms with Crippen LogP contribution < -0.4 is 11.1 Å². The number of para-hydroxylation sites is 1. The summed E-state index contributed by atoms with van der Waals surface area (Å²) in [6, 6.07) is 7.71. The molecule has 0 unspecified atom stereocenters. The van der Waals surface area contributed by atoms with Crippen LogP contribution in [0.15, 0.2) is 29.6 Å². The van der Waals surface area contributed by atoms with Gasteiger partial charge in [-0.15, -0.1) is 11.3 Å². The predicted molar refractivity (Wildman–Crippen MR) is 87.5 cm³/mol. The number of nitrogens with one attached hydrogen (secondary N) is 1. The number of aromatic nitrogens is 1. The van der Waals surface area contributed by atoms with Crippen LogP contribution >= 0.6 is 11.3 Å². The van der Waals surface area contributed by atoms with Crippen LogP contribution in [-0.4, -0.2) is 10.9 Å². The van der Waals surface area contributed by atoms with E-state index in [4.69, 9.17) is 5.73 Å². The molecule has 0 saturated heterocycles. The van der Waals surface area contributed by atoms with Crippen LogP contribution in [0.4, 0.5) is 5.69 Å². The zero-order valence-corrected chi connectivity index (χ0v) is 13.5. The lowest BCUT2D eigenvalue weighted by atomic mass is 9.98. The molecule has 1 amide bonds. The third-order valence-electron chi connectivity index (χ3n) is 3.04. The number of anilines is 1. The maximum absolute atomic E-state index is 11.1. The summed E-state index contributed by atoms with van der Waals surface area (Å²) in [4.78, 5) is 15.7. The van der Waals surface area contributed by atoms with Gasteiger partial charge in [-0.25, -0.2) is 4.98 Å². The Labute approximate surface area is 129 Å². The normalized spacial score (nSPS) is 11.4. The monoisotopic (exact) mass is 303 g/mol. The second-order valence-corrected chi connectivity index (χ2v) is 6.91. The molecule has 0 radical (unpaired) electrons. The molecule has 0 aliphatic heterocycles. The molecule has 2 rings (SSSR count). The molecule has 1 heterocycles. The summed E-state index contributed by atoms with van der Waals surface area (Å²) in [5, 5.41) is 6.54. The first-order chi connectivity index (χ1) is 9.86. The lowest BCUT2D eigenvalue weighted by Crippen LogP contribution is -2.15. The van der Waals surface area contributed by atoms with Crippen molar-refractivity contribution < 1.29 is 4.79 Å². The van der Waals surface area contributed by atoms with Gasteiger partial charge in [0.05, 0.1) is 23.7 Å². The van der Waals surface area contributed by atoms with Crippen molar-refractivity contribution in [2.24, 2.45) is 5.73 Å². The van der Waals surface area contributed by atoms with Crippen LogP contribution in [0.2, 0.25) is 0 Å². The number of rotatable bonds is 5. The number of benzene rings is 1. The lowest BCUT2D eigenvalue weighted by molar-refractivity contribution is -0.117. The van der Waals surface area contributed by atoms with Gasteiger partial charge in [0.25, 0.3) is 0 Å². The molecule has 5 heteroatoms. The molecule has 1 aromatic carbocycles. The van der Waals surface area contributed by atoms with Crippen molar-refractivity contribution in [1.29, 1.82) is 0 Å². The molecule has 0 aliphatic rings. The fraction of sp³-hybridized carbons (Fsp3) is 0.375. The molecule has 0 atom stereocenters. The molecular formula is C16H21N3OS. The summed E-state index contributed by atoms with van der Waals surface area (Å²) in [6.45, 7) is 7.12. The van der Waals surface area contributed by atoms with Crippen LogP contribution in [0.3, 0.4) is 0 Å². The van der Waals surface area contributed by atoms with Crippen LogP contribution in [0.25, 0.3) is 0 Å². The molecule has 112 valence electrons. The Kier molecular flexibility index (Phi) is 4.63. The summed E-state index contributed by atoms with van der Waals surface area (Å²) in [5.74, 6) is -0.326. The predicted octanol–water partition coefficient (Wildman–Crippen LogP) is 3.08. The molecule has 2 aromatic rings. The summed E-state index contributed by atoms with van der Waals surface area (Å²) < 4.78 is 0. The van der Waals surface area contributed by atoms with E-state index in [9.17, 15) is 4.79 Å². The van der Waals surface area contributed by atoms with Gasteiger partial charge < -0.3 is 11.1 Å². The third kappa shape index (κ3) is 4.29. The Bertz CT molecular complexity index is 628. The highest BCUT2D eigenvalue weighted by Crippen LogP contribution is 2.26. The van der Waals surface area contributed by atoms with Gasteiger partial charge in [0.15, 0.2) is 0 Å². The largest absolute Gasteiger partial charge is 0.379 e. The Morgan fingerprint density at radius 3 is 2.67 bits per heavy atom. The fourth-order valence-electron chi connectivity index (χ4n) is 1.95. The van der Waals surface area contributed by atoms with Crippen molar-refractivity contribution in [3.63, 3.8) is 0 Å². The van der Waals surface area contributed by atoms with E-state index in [0.29, 0.717) is 6.54 Å². The number of primary amides is 1. The van der Waals surface area contributed by atoms with Crippen molar-refractivity contribution in [3.05, 3.63) is 45.9 Å². The number of hydrogen-bond acceptors (Lipinski definition) is 4. The van der Waals surface area contributed by atoms with Gasteiger partial charge in [-0.3, -0.25) is 4.79 Å². The highest BCUT2D eigenvalue weighted by Gasteiger charge is 2.17. The average molecular weight is 303 g/mol. The number of thiazole rings is 1. The van der Waals surface area contributed by atoms with Gasteiger partial charge in [-0.05, 0) is 11.6 Å². The number of carbonyl (C=O) groups excluding carboxylic acids is 1. The molecule has 0 spiro atoms. The first-order valence-corrected chi connectivity index (χ1v) is 7.79. The Hall–Kier alpha value is -1.88. The Balaban J connectivity index is 2.06. The average Bonchev–Trinajstić information content (AvgIpc) is 2.86. The van der Waals surface area contributed by atoms with Crippen molar-refractivity contribution in [1.82, 2.24) is 4.98 Å². The second-order valence-electron chi connectivity index (χ2n) is 6.05. The first kappa shape index (κ1) is 15.5. The molecule has 0 saturated carbocycles. The van der Waals surface area contributed by atoms with Crippen LogP contribution in [-0.2, 0) is 23.2 Å². The van der Waals surface area contributed by atoms with E-state index >= 15 is 0 Å². The minimum Gasteiger partial charge on any atom is -0.379 e. The molecule has 1 aromatic heterocycles. The molecule has 0 fully saturated rings. The zero-order valence-electron chi connectivity index (χ0n) is 12.6. The zero-order chi connectivity index (χ0) is 15.5. The molecule has 4 nitrogen and oxygen atoms in total. The minimum absolute atomic E-state index is 0.0762. The number of nitrogens with two attached hydrogens (primary N) is 1. The second kappa shape index (κ2) is 6.26. The molecule has 21 heavy (non-hydrogen) atoms. The molecule has 0 aliphatic carbocycles. The van der Waals surface area contributed by atoms with E-state index in [0.717, 1.165) is 22.0 Å². The maximum Gasteiger partial charge on any atom is 0.221 e. The van der Waals surface area contributed by atoms with Gasteiger partial charge in [-0.2, -0.15) is 0 Å². The minimum atomic E-state index is -0.326. The van der Waals surface area contributed by atoms with Gasteiger partial charge in [0.1, 0.15) is 0 Å². The third-order valence-corrected chi connectivity index (χ3v) is 4.35. The topological polar surface area (TPSA) is 68.0 Å². The van der Waals surface area contributed by atoms with Crippen LogP contribution in [0, 0.1) is 0 Å². The van der Waals surface area contributed by atoms with E-state index in [-0.39, 0.29) is 17.7 Å². The number of hydrogen-bond donors (Lipinski definition) is 2. The summed E-state index contributed by atoms with van der Waals surface area (Å²) in [5.41, 5.74) is 8.21. The van der Waals surface area contributed by atoms with E-state index < -0.39 is 0 Å².